The van der Waals surface area contributed by atoms with Crippen LogP contribution in [0.15, 0.2) is 41.8 Å². The summed E-state index contributed by atoms with van der Waals surface area (Å²) < 4.78 is 2.01. The molecule has 3 rings (SSSR count). The average Bonchev–Trinajstić information content (AvgIpc) is 3.32. The summed E-state index contributed by atoms with van der Waals surface area (Å²) in [7, 11) is 1.60. The van der Waals surface area contributed by atoms with Crippen molar-refractivity contribution >= 4 is 41.1 Å². The van der Waals surface area contributed by atoms with Crippen LogP contribution in [-0.2, 0) is 22.6 Å². The molecule has 28 heavy (non-hydrogen) atoms. The maximum Gasteiger partial charge on any atom is 0.243 e. The van der Waals surface area contributed by atoms with Gasteiger partial charge in [0.05, 0.1) is 11.4 Å². The molecular weight excluding hydrogens is 394 g/mol. The normalized spacial score (nSPS) is 10.6. The summed E-state index contributed by atoms with van der Waals surface area (Å²) in [5, 5.41) is 11.7. The number of aromatic amines is 1. The number of thiophene rings is 1. The SMILES string of the molecule is CCc1ccccc1NC(=O)CN(C)C(=O)Cn1c(-c2cccs2)n[nH]c1=S. The van der Waals surface area contributed by atoms with Crippen molar-refractivity contribution in [2.75, 3.05) is 18.9 Å². The van der Waals surface area contributed by atoms with Crippen molar-refractivity contribution in [2.45, 2.75) is 19.9 Å². The number of carbonyl (C=O) groups excluding carboxylic acids is 2. The van der Waals surface area contributed by atoms with E-state index >= 15 is 0 Å². The Morgan fingerprint density at radius 1 is 1.29 bits per heavy atom. The number of rotatable bonds is 7. The van der Waals surface area contributed by atoms with E-state index in [9.17, 15) is 9.59 Å². The van der Waals surface area contributed by atoms with Crippen LogP contribution in [0.3, 0.4) is 0 Å². The van der Waals surface area contributed by atoms with Gasteiger partial charge in [-0.2, -0.15) is 5.10 Å². The Balaban J connectivity index is 1.65. The van der Waals surface area contributed by atoms with E-state index in [-0.39, 0.29) is 24.9 Å². The molecular formula is C19H21N5O2S2. The molecule has 2 aromatic heterocycles. The highest BCUT2D eigenvalue weighted by molar-refractivity contribution is 7.71. The number of carbonyl (C=O) groups is 2. The van der Waals surface area contributed by atoms with Gasteiger partial charge in [-0.1, -0.05) is 31.2 Å². The fourth-order valence-electron chi connectivity index (χ4n) is 2.76. The van der Waals surface area contributed by atoms with Crippen molar-refractivity contribution in [1.29, 1.82) is 0 Å². The predicted molar refractivity (Wildman–Crippen MR) is 113 cm³/mol. The molecule has 0 unspecified atom stereocenters. The summed E-state index contributed by atoms with van der Waals surface area (Å²) in [6.07, 6.45) is 0.815. The van der Waals surface area contributed by atoms with Crippen LogP contribution >= 0.6 is 23.6 Å². The van der Waals surface area contributed by atoms with Gasteiger partial charge in [-0.05, 0) is 41.7 Å². The van der Waals surface area contributed by atoms with E-state index in [1.165, 1.54) is 16.2 Å². The van der Waals surface area contributed by atoms with Gasteiger partial charge < -0.3 is 10.2 Å². The second-order valence-electron chi connectivity index (χ2n) is 6.22. The number of aryl methyl sites for hydroxylation is 1. The summed E-state index contributed by atoms with van der Waals surface area (Å²) in [4.78, 5) is 27.3. The Bertz CT molecular complexity index is 1020. The summed E-state index contributed by atoms with van der Waals surface area (Å²) >= 11 is 6.77. The number of anilines is 1. The lowest BCUT2D eigenvalue weighted by Gasteiger charge is -2.18. The monoisotopic (exact) mass is 415 g/mol. The summed E-state index contributed by atoms with van der Waals surface area (Å²) in [6.45, 7) is 1.99. The first-order valence-electron chi connectivity index (χ1n) is 8.80. The van der Waals surface area contributed by atoms with Crippen molar-refractivity contribution in [1.82, 2.24) is 19.7 Å². The van der Waals surface area contributed by atoms with Gasteiger partial charge >= 0.3 is 0 Å². The third-order valence-electron chi connectivity index (χ3n) is 4.27. The minimum absolute atomic E-state index is 0.0118. The maximum absolute atomic E-state index is 12.6. The predicted octanol–water partition coefficient (Wildman–Crippen LogP) is 3.33. The van der Waals surface area contributed by atoms with Gasteiger partial charge in [0.2, 0.25) is 11.8 Å². The van der Waals surface area contributed by atoms with Gasteiger partial charge in [-0.15, -0.1) is 11.3 Å². The number of nitrogens with one attached hydrogen (secondary N) is 2. The number of nitrogens with zero attached hydrogens (tertiary/aromatic N) is 3. The van der Waals surface area contributed by atoms with Crippen molar-refractivity contribution in [3.05, 3.63) is 52.1 Å². The van der Waals surface area contributed by atoms with Gasteiger partial charge in [0.15, 0.2) is 10.6 Å². The molecule has 0 saturated carbocycles. The molecule has 0 spiro atoms. The minimum atomic E-state index is -0.244. The zero-order valence-corrected chi connectivity index (χ0v) is 17.3. The number of benzene rings is 1. The van der Waals surface area contributed by atoms with Crippen LogP contribution < -0.4 is 5.32 Å². The maximum atomic E-state index is 12.6. The second-order valence-corrected chi connectivity index (χ2v) is 7.56. The molecule has 2 heterocycles. The Kier molecular flexibility index (Phi) is 6.37. The Labute approximate surface area is 172 Å². The minimum Gasteiger partial charge on any atom is -0.335 e. The lowest BCUT2D eigenvalue weighted by molar-refractivity contribution is -0.133. The van der Waals surface area contributed by atoms with Crippen molar-refractivity contribution < 1.29 is 9.59 Å². The van der Waals surface area contributed by atoms with Gasteiger partial charge in [-0.3, -0.25) is 19.3 Å². The van der Waals surface area contributed by atoms with Crippen LogP contribution in [-0.4, -0.2) is 45.1 Å². The first-order valence-corrected chi connectivity index (χ1v) is 10.1. The number of amides is 2. The zero-order chi connectivity index (χ0) is 20.1. The molecule has 3 aromatic rings. The van der Waals surface area contributed by atoms with Gasteiger partial charge in [0.25, 0.3) is 0 Å². The van der Waals surface area contributed by atoms with E-state index < -0.39 is 0 Å². The number of hydrogen-bond donors (Lipinski definition) is 2. The van der Waals surface area contributed by atoms with E-state index in [0.717, 1.165) is 22.5 Å². The van der Waals surface area contributed by atoms with E-state index in [1.54, 1.807) is 11.6 Å². The van der Waals surface area contributed by atoms with E-state index in [2.05, 4.69) is 15.5 Å². The number of aromatic nitrogens is 3. The van der Waals surface area contributed by atoms with Crippen LogP contribution in [0.4, 0.5) is 5.69 Å². The summed E-state index contributed by atoms with van der Waals surface area (Å²) in [6, 6.07) is 11.5. The molecule has 2 N–H and O–H groups in total. The third kappa shape index (κ3) is 4.55. The van der Waals surface area contributed by atoms with Crippen LogP contribution in [0, 0.1) is 4.77 Å². The molecule has 0 saturated heterocycles. The highest BCUT2D eigenvalue weighted by atomic mass is 32.1. The van der Waals surface area contributed by atoms with Gasteiger partial charge in [0, 0.05) is 12.7 Å². The number of H-pyrrole nitrogens is 1. The zero-order valence-electron chi connectivity index (χ0n) is 15.6. The summed E-state index contributed by atoms with van der Waals surface area (Å²) in [5.74, 6) is 0.142. The highest BCUT2D eigenvalue weighted by Gasteiger charge is 2.18. The Morgan fingerprint density at radius 2 is 2.07 bits per heavy atom. The molecule has 2 amide bonds. The van der Waals surface area contributed by atoms with Crippen molar-refractivity contribution in [3.8, 4) is 10.7 Å². The van der Waals surface area contributed by atoms with Crippen LogP contribution in [0.25, 0.3) is 10.7 Å². The highest BCUT2D eigenvalue weighted by Crippen LogP contribution is 2.22. The lowest BCUT2D eigenvalue weighted by atomic mass is 10.1. The average molecular weight is 416 g/mol. The largest absolute Gasteiger partial charge is 0.335 e. The van der Waals surface area contributed by atoms with E-state index in [1.807, 2.05) is 48.7 Å². The summed E-state index contributed by atoms with van der Waals surface area (Å²) in [5.41, 5.74) is 1.82. The smallest absolute Gasteiger partial charge is 0.243 e. The van der Waals surface area contributed by atoms with Gasteiger partial charge in [-0.25, -0.2) is 0 Å². The third-order valence-corrected chi connectivity index (χ3v) is 5.45. The van der Waals surface area contributed by atoms with Crippen LogP contribution in [0.2, 0.25) is 0 Å². The molecule has 1 aromatic carbocycles. The second kappa shape index (κ2) is 8.94. The Morgan fingerprint density at radius 3 is 2.79 bits per heavy atom. The first-order chi connectivity index (χ1) is 13.5. The van der Waals surface area contributed by atoms with Crippen molar-refractivity contribution in [3.63, 3.8) is 0 Å². The van der Waals surface area contributed by atoms with Crippen LogP contribution in [0.5, 0.6) is 0 Å². The van der Waals surface area contributed by atoms with E-state index in [4.69, 9.17) is 12.2 Å². The molecule has 0 bridgehead atoms. The topological polar surface area (TPSA) is 83.0 Å². The number of para-hydroxylation sites is 1. The Hall–Kier alpha value is -2.78. The molecule has 0 radical (unpaired) electrons. The lowest BCUT2D eigenvalue weighted by Crippen LogP contribution is -2.37. The number of likely N-dealkylation sites (N-methyl/N-ethyl adjacent to an activating group) is 1. The van der Waals surface area contributed by atoms with Gasteiger partial charge in [0.1, 0.15) is 6.54 Å². The molecule has 7 nitrogen and oxygen atoms in total. The molecule has 9 heteroatoms. The molecule has 0 aliphatic heterocycles. The van der Waals surface area contributed by atoms with Crippen LogP contribution in [0.1, 0.15) is 12.5 Å². The molecule has 0 aliphatic rings. The van der Waals surface area contributed by atoms with Crippen molar-refractivity contribution in [2.24, 2.45) is 0 Å². The van der Waals surface area contributed by atoms with E-state index in [0.29, 0.717) is 10.6 Å². The number of hydrogen-bond acceptors (Lipinski definition) is 5. The molecule has 0 atom stereocenters. The fraction of sp³-hybridized carbons (Fsp3) is 0.263. The first kappa shape index (κ1) is 20.0. The molecule has 0 fully saturated rings. The molecule has 146 valence electrons. The molecule has 0 aliphatic carbocycles. The fourth-order valence-corrected chi connectivity index (χ4v) is 3.68. The standard InChI is InChI=1S/C19H21N5O2S2/c1-3-13-7-4-5-8-14(13)20-16(25)11-23(2)17(26)12-24-18(21-22-19(24)27)15-9-6-10-28-15/h4-10H,3,11-12H2,1-2H3,(H,20,25)(H,22,27). The quantitative estimate of drug-likeness (QED) is 0.580.